The Morgan fingerprint density at radius 3 is 1.28 bits per heavy atom. The molecule has 0 radical (unpaired) electrons. The van der Waals surface area contributed by atoms with E-state index in [0.717, 1.165) is 49.7 Å². The number of unbranched alkanes of at least 4 members (excludes halogenated alkanes) is 7. The lowest BCUT2D eigenvalue weighted by molar-refractivity contribution is -0.122. The van der Waals surface area contributed by atoms with Crippen LogP contribution in [0.1, 0.15) is 75.3 Å². The van der Waals surface area contributed by atoms with Gasteiger partial charge in [0.2, 0.25) is 11.8 Å². The van der Waals surface area contributed by atoms with E-state index in [1.54, 1.807) is 12.4 Å². The number of hydrogen-bond acceptors (Lipinski definition) is 4. The molecule has 32 heavy (non-hydrogen) atoms. The molecule has 0 atom stereocenters. The molecule has 6 nitrogen and oxygen atoms in total. The zero-order valence-electron chi connectivity index (χ0n) is 18.7. The van der Waals surface area contributed by atoms with Crippen LogP contribution in [0.15, 0.2) is 70.9 Å². The molecule has 2 aromatic carbocycles. The van der Waals surface area contributed by atoms with Crippen molar-refractivity contribution in [1.29, 1.82) is 0 Å². The van der Waals surface area contributed by atoms with Crippen molar-refractivity contribution >= 4 is 24.2 Å². The fourth-order valence-electron chi connectivity index (χ4n) is 3.18. The first-order valence-electron chi connectivity index (χ1n) is 11.5. The van der Waals surface area contributed by atoms with Crippen LogP contribution in [0, 0.1) is 0 Å². The summed E-state index contributed by atoms with van der Waals surface area (Å²) in [6, 6.07) is 19.4. The molecule has 0 saturated heterocycles. The summed E-state index contributed by atoms with van der Waals surface area (Å²) >= 11 is 0. The van der Waals surface area contributed by atoms with E-state index >= 15 is 0 Å². The quantitative estimate of drug-likeness (QED) is 0.230. The molecule has 2 aromatic rings. The van der Waals surface area contributed by atoms with E-state index in [2.05, 4.69) is 21.1 Å². The first-order valence-corrected chi connectivity index (χ1v) is 11.5. The zero-order valence-corrected chi connectivity index (χ0v) is 18.7. The van der Waals surface area contributed by atoms with Crippen molar-refractivity contribution in [2.24, 2.45) is 10.2 Å². The smallest absolute Gasteiger partial charge is 0.240 e. The van der Waals surface area contributed by atoms with Gasteiger partial charge in [0, 0.05) is 12.8 Å². The van der Waals surface area contributed by atoms with Crippen LogP contribution in [0.4, 0.5) is 0 Å². The van der Waals surface area contributed by atoms with Gasteiger partial charge in [-0.25, -0.2) is 10.9 Å². The van der Waals surface area contributed by atoms with Gasteiger partial charge in [0.1, 0.15) is 0 Å². The number of carbonyl (C=O) groups is 2. The van der Waals surface area contributed by atoms with E-state index in [1.807, 2.05) is 60.7 Å². The van der Waals surface area contributed by atoms with Crippen molar-refractivity contribution < 1.29 is 9.59 Å². The van der Waals surface area contributed by atoms with Gasteiger partial charge < -0.3 is 0 Å². The fourth-order valence-corrected chi connectivity index (χ4v) is 3.18. The molecule has 2 N–H and O–H groups in total. The van der Waals surface area contributed by atoms with E-state index in [1.165, 1.54) is 12.8 Å². The van der Waals surface area contributed by atoms with Crippen molar-refractivity contribution in [1.82, 2.24) is 10.9 Å². The highest BCUT2D eigenvalue weighted by molar-refractivity contribution is 5.82. The lowest BCUT2D eigenvalue weighted by Crippen LogP contribution is -2.16. The maximum Gasteiger partial charge on any atom is 0.240 e. The van der Waals surface area contributed by atoms with E-state index in [-0.39, 0.29) is 11.8 Å². The third-order valence-corrected chi connectivity index (χ3v) is 4.96. The number of amides is 2. The highest BCUT2D eigenvalue weighted by atomic mass is 16.2. The number of rotatable bonds is 15. The summed E-state index contributed by atoms with van der Waals surface area (Å²) in [4.78, 5) is 23.5. The lowest BCUT2D eigenvalue weighted by Gasteiger charge is -2.03. The Balaban J connectivity index is 1.37. The number of benzene rings is 2. The molecule has 0 bridgehead atoms. The topological polar surface area (TPSA) is 82.9 Å². The molecule has 0 saturated carbocycles. The van der Waals surface area contributed by atoms with Crippen LogP contribution in [0.5, 0.6) is 0 Å². The molecule has 2 amide bonds. The highest BCUT2D eigenvalue weighted by Gasteiger charge is 2.01. The van der Waals surface area contributed by atoms with Crippen molar-refractivity contribution in [3.05, 3.63) is 71.8 Å². The molecule has 6 heteroatoms. The van der Waals surface area contributed by atoms with E-state index in [4.69, 9.17) is 0 Å². The summed E-state index contributed by atoms with van der Waals surface area (Å²) in [7, 11) is 0. The normalized spacial score (nSPS) is 11.1. The molecule has 170 valence electrons. The molecule has 2 rings (SSSR count). The molecule has 0 spiro atoms. The molecule has 0 fully saturated rings. The first-order chi connectivity index (χ1) is 15.7. The molecule has 0 unspecified atom stereocenters. The Kier molecular flexibility index (Phi) is 12.8. The van der Waals surface area contributed by atoms with Crippen molar-refractivity contribution in [2.45, 2.75) is 64.2 Å². The second-order valence-corrected chi connectivity index (χ2v) is 7.74. The maximum absolute atomic E-state index is 11.8. The third-order valence-electron chi connectivity index (χ3n) is 4.96. The third kappa shape index (κ3) is 12.4. The Labute approximate surface area is 191 Å². The largest absolute Gasteiger partial charge is 0.273 e. The fraction of sp³-hybridized carbons (Fsp3) is 0.385. The van der Waals surface area contributed by atoms with Crippen molar-refractivity contribution in [3.63, 3.8) is 0 Å². The average Bonchev–Trinajstić information content (AvgIpc) is 2.81. The summed E-state index contributed by atoms with van der Waals surface area (Å²) in [5.41, 5.74) is 7.08. The van der Waals surface area contributed by atoms with Crippen LogP contribution in [0.25, 0.3) is 0 Å². The summed E-state index contributed by atoms with van der Waals surface area (Å²) in [5.74, 6) is -0.0767. The van der Waals surface area contributed by atoms with E-state index in [9.17, 15) is 9.59 Å². The van der Waals surface area contributed by atoms with Crippen LogP contribution in [0.3, 0.4) is 0 Å². The van der Waals surface area contributed by atoms with Crippen LogP contribution >= 0.6 is 0 Å². The molecular formula is C26H34N4O2. The monoisotopic (exact) mass is 434 g/mol. The molecule has 0 heterocycles. The van der Waals surface area contributed by atoms with Crippen LogP contribution in [-0.2, 0) is 9.59 Å². The number of nitrogens with zero attached hydrogens (tertiary/aromatic N) is 2. The van der Waals surface area contributed by atoms with Crippen LogP contribution in [0.2, 0.25) is 0 Å². The van der Waals surface area contributed by atoms with Gasteiger partial charge in [-0.15, -0.1) is 0 Å². The highest BCUT2D eigenvalue weighted by Crippen LogP contribution is 2.10. The van der Waals surface area contributed by atoms with Crippen LogP contribution in [-0.4, -0.2) is 24.2 Å². The minimum atomic E-state index is -0.0384. The van der Waals surface area contributed by atoms with E-state index in [0.29, 0.717) is 12.8 Å². The molecule has 0 aromatic heterocycles. The zero-order chi connectivity index (χ0) is 22.7. The lowest BCUT2D eigenvalue weighted by atomic mass is 10.1. The Morgan fingerprint density at radius 1 is 0.562 bits per heavy atom. The summed E-state index contributed by atoms with van der Waals surface area (Å²) in [6.07, 6.45) is 12.8. The molecule has 0 aliphatic carbocycles. The number of hydrogen-bond donors (Lipinski definition) is 2. The molecular weight excluding hydrogens is 400 g/mol. The SMILES string of the molecule is O=C(CCCCCCCCCCC(=O)NN=Cc1ccccc1)NN=Cc1ccccc1. The second-order valence-electron chi connectivity index (χ2n) is 7.74. The minimum Gasteiger partial charge on any atom is -0.273 e. The van der Waals surface area contributed by atoms with E-state index < -0.39 is 0 Å². The van der Waals surface area contributed by atoms with Crippen LogP contribution < -0.4 is 10.9 Å². The number of hydrazone groups is 2. The van der Waals surface area contributed by atoms with Gasteiger partial charge in [-0.05, 0) is 24.0 Å². The van der Waals surface area contributed by atoms with Gasteiger partial charge in [-0.1, -0.05) is 99.2 Å². The van der Waals surface area contributed by atoms with Gasteiger partial charge in [0.15, 0.2) is 0 Å². The van der Waals surface area contributed by atoms with Gasteiger partial charge in [-0.3, -0.25) is 9.59 Å². The van der Waals surface area contributed by atoms with Gasteiger partial charge in [0.25, 0.3) is 0 Å². The Bertz CT molecular complexity index is 764. The minimum absolute atomic E-state index is 0.0384. The predicted molar refractivity (Wildman–Crippen MR) is 131 cm³/mol. The summed E-state index contributed by atoms with van der Waals surface area (Å²) < 4.78 is 0. The number of carbonyl (C=O) groups excluding carboxylic acids is 2. The molecule has 0 aliphatic heterocycles. The predicted octanol–water partition coefficient (Wildman–Crippen LogP) is 5.19. The standard InChI is InChI=1S/C26H34N4O2/c31-25(29-27-21-23-15-9-7-10-16-23)19-13-5-3-1-2-4-6-14-20-26(32)30-28-22-24-17-11-8-12-18-24/h7-12,15-18,21-22H,1-6,13-14,19-20H2,(H,29,31)(H,30,32). The molecule has 0 aliphatic rings. The summed E-state index contributed by atoms with van der Waals surface area (Å²) in [6.45, 7) is 0. The Hall–Kier alpha value is -3.28. The summed E-state index contributed by atoms with van der Waals surface area (Å²) in [5, 5.41) is 7.96. The van der Waals surface area contributed by atoms with Crippen molar-refractivity contribution in [2.75, 3.05) is 0 Å². The first kappa shape index (κ1) is 25.0. The maximum atomic E-state index is 11.8. The van der Waals surface area contributed by atoms with Gasteiger partial charge in [-0.2, -0.15) is 10.2 Å². The Morgan fingerprint density at radius 2 is 0.906 bits per heavy atom. The average molecular weight is 435 g/mol. The second kappa shape index (κ2) is 16.4. The number of nitrogens with one attached hydrogen (secondary N) is 2. The van der Waals surface area contributed by atoms with Crippen molar-refractivity contribution in [3.8, 4) is 0 Å². The van der Waals surface area contributed by atoms with Gasteiger partial charge in [0.05, 0.1) is 12.4 Å². The van der Waals surface area contributed by atoms with Gasteiger partial charge >= 0.3 is 0 Å².